The van der Waals surface area contributed by atoms with E-state index in [1.165, 1.54) is 25.7 Å². The van der Waals surface area contributed by atoms with Gasteiger partial charge in [-0.3, -0.25) is 0 Å². The molecule has 0 aromatic heterocycles. The SMILES string of the molecule is CC(C)(O)CNC1CCCCC1C(C)(C)C. The van der Waals surface area contributed by atoms with Crippen molar-refractivity contribution in [1.82, 2.24) is 5.32 Å². The third kappa shape index (κ3) is 4.42. The Hall–Kier alpha value is -0.0800. The normalized spacial score (nSPS) is 28.1. The van der Waals surface area contributed by atoms with Gasteiger partial charge in [0.15, 0.2) is 0 Å². The summed E-state index contributed by atoms with van der Waals surface area (Å²) in [7, 11) is 0. The first-order valence-electron chi connectivity index (χ1n) is 6.66. The zero-order valence-corrected chi connectivity index (χ0v) is 11.6. The van der Waals surface area contributed by atoms with E-state index in [9.17, 15) is 5.11 Å². The molecule has 0 saturated heterocycles. The lowest BCUT2D eigenvalue weighted by Gasteiger charge is -2.41. The Labute approximate surface area is 101 Å². The average molecular weight is 227 g/mol. The lowest BCUT2D eigenvalue weighted by Crippen LogP contribution is -2.48. The fourth-order valence-corrected chi connectivity index (χ4v) is 2.79. The molecule has 1 saturated carbocycles. The molecule has 0 aromatic carbocycles. The summed E-state index contributed by atoms with van der Waals surface area (Å²) < 4.78 is 0. The molecule has 16 heavy (non-hydrogen) atoms. The predicted octanol–water partition coefficient (Wildman–Crippen LogP) is 2.95. The molecule has 0 heterocycles. The van der Waals surface area contributed by atoms with Gasteiger partial charge in [-0.25, -0.2) is 0 Å². The molecule has 96 valence electrons. The van der Waals surface area contributed by atoms with Crippen molar-refractivity contribution in [2.24, 2.45) is 11.3 Å². The molecule has 0 bridgehead atoms. The maximum Gasteiger partial charge on any atom is 0.0715 e. The Morgan fingerprint density at radius 2 is 1.62 bits per heavy atom. The van der Waals surface area contributed by atoms with Crippen LogP contribution in [-0.4, -0.2) is 23.3 Å². The summed E-state index contributed by atoms with van der Waals surface area (Å²) in [6.07, 6.45) is 5.28. The van der Waals surface area contributed by atoms with Gasteiger partial charge in [0.05, 0.1) is 5.60 Å². The van der Waals surface area contributed by atoms with Gasteiger partial charge in [-0.2, -0.15) is 0 Å². The second-order valence-electron chi connectivity index (χ2n) is 7.06. The number of hydrogen-bond donors (Lipinski definition) is 2. The molecular formula is C14H29NO. The van der Waals surface area contributed by atoms with Crippen LogP contribution in [0.3, 0.4) is 0 Å². The second-order valence-corrected chi connectivity index (χ2v) is 7.06. The van der Waals surface area contributed by atoms with Crippen LogP contribution in [0, 0.1) is 11.3 Å². The van der Waals surface area contributed by atoms with Gasteiger partial charge in [0.25, 0.3) is 0 Å². The highest BCUT2D eigenvalue weighted by molar-refractivity contribution is 4.89. The van der Waals surface area contributed by atoms with Crippen molar-refractivity contribution in [2.45, 2.75) is 71.9 Å². The van der Waals surface area contributed by atoms with E-state index in [0.717, 1.165) is 5.92 Å². The molecule has 2 unspecified atom stereocenters. The van der Waals surface area contributed by atoms with E-state index in [4.69, 9.17) is 0 Å². The summed E-state index contributed by atoms with van der Waals surface area (Å²) in [5.74, 6) is 0.739. The van der Waals surface area contributed by atoms with E-state index in [0.29, 0.717) is 18.0 Å². The maximum atomic E-state index is 9.77. The Morgan fingerprint density at radius 1 is 1.06 bits per heavy atom. The minimum Gasteiger partial charge on any atom is -0.389 e. The van der Waals surface area contributed by atoms with Crippen molar-refractivity contribution in [3.05, 3.63) is 0 Å². The monoisotopic (exact) mass is 227 g/mol. The quantitative estimate of drug-likeness (QED) is 0.777. The Morgan fingerprint density at radius 3 is 2.12 bits per heavy atom. The fraction of sp³-hybridized carbons (Fsp3) is 1.00. The molecular weight excluding hydrogens is 198 g/mol. The highest BCUT2D eigenvalue weighted by atomic mass is 16.3. The number of hydrogen-bond acceptors (Lipinski definition) is 2. The van der Waals surface area contributed by atoms with E-state index in [-0.39, 0.29) is 0 Å². The first-order valence-corrected chi connectivity index (χ1v) is 6.66. The molecule has 0 aliphatic heterocycles. The number of nitrogens with one attached hydrogen (secondary N) is 1. The summed E-state index contributed by atoms with van der Waals surface area (Å²) in [5.41, 5.74) is -0.225. The van der Waals surface area contributed by atoms with Crippen molar-refractivity contribution in [2.75, 3.05) is 6.54 Å². The molecule has 1 rings (SSSR count). The molecule has 1 aliphatic carbocycles. The summed E-state index contributed by atoms with van der Waals surface area (Å²) in [6.45, 7) is 11.4. The van der Waals surface area contributed by atoms with Gasteiger partial charge in [0.2, 0.25) is 0 Å². The van der Waals surface area contributed by atoms with Crippen LogP contribution in [0.1, 0.15) is 60.3 Å². The third-order valence-electron chi connectivity index (χ3n) is 3.68. The van der Waals surface area contributed by atoms with E-state index in [1.54, 1.807) is 0 Å². The summed E-state index contributed by atoms with van der Waals surface area (Å²) in [5, 5.41) is 13.3. The number of aliphatic hydroxyl groups is 1. The summed E-state index contributed by atoms with van der Waals surface area (Å²) >= 11 is 0. The molecule has 2 heteroatoms. The Balaban J connectivity index is 2.54. The molecule has 1 aliphatic rings. The molecule has 2 atom stereocenters. The van der Waals surface area contributed by atoms with Gasteiger partial charge in [0.1, 0.15) is 0 Å². The zero-order chi connectivity index (χ0) is 12.4. The minimum atomic E-state index is -0.597. The lowest BCUT2D eigenvalue weighted by molar-refractivity contribution is 0.0592. The highest BCUT2D eigenvalue weighted by Crippen LogP contribution is 2.38. The first kappa shape index (κ1) is 14.0. The van der Waals surface area contributed by atoms with Crippen LogP contribution < -0.4 is 5.32 Å². The first-order chi connectivity index (χ1) is 7.20. The largest absolute Gasteiger partial charge is 0.389 e. The third-order valence-corrected chi connectivity index (χ3v) is 3.68. The van der Waals surface area contributed by atoms with Crippen LogP contribution in [0.15, 0.2) is 0 Å². The van der Waals surface area contributed by atoms with Crippen LogP contribution in [0.5, 0.6) is 0 Å². The van der Waals surface area contributed by atoms with Gasteiger partial charge in [-0.05, 0) is 38.0 Å². The second kappa shape index (κ2) is 5.05. The van der Waals surface area contributed by atoms with Gasteiger partial charge in [-0.15, -0.1) is 0 Å². The van der Waals surface area contributed by atoms with Gasteiger partial charge < -0.3 is 10.4 Å². The van der Waals surface area contributed by atoms with Crippen LogP contribution in [0.25, 0.3) is 0 Å². The van der Waals surface area contributed by atoms with Gasteiger partial charge in [-0.1, -0.05) is 33.6 Å². The minimum absolute atomic E-state index is 0.373. The van der Waals surface area contributed by atoms with Crippen molar-refractivity contribution < 1.29 is 5.11 Å². The summed E-state index contributed by atoms with van der Waals surface area (Å²) in [6, 6.07) is 0.583. The van der Waals surface area contributed by atoms with E-state index in [2.05, 4.69) is 26.1 Å². The van der Waals surface area contributed by atoms with Crippen molar-refractivity contribution in [1.29, 1.82) is 0 Å². The molecule has 0 amide bonds. The molecule has 2 nitrogen and oxygen atoms in total. The molecule has 0 spiro atoms. The Bertz CT molecular complexity index is 212. The van der Waals surface area contributed by atoms with Gasteiger partial charge in [0, 0.05) is 12.6 Å². The van der Waals surface area contributed by atoms with Crippen molar-refractivity contribution in [3.63, 3.8) is 0 Å². The Kier molecular flexibility index (Phi) is 4.42. The zero-order valence-electron chi connectivity index (χ0n) is 11.6. The predicted molar refractivity (Wildman–Crippen MR) is 69.5 cm³/mol. The average Bonchev–Trinajstić information content (AvgIpc) is 2.12. The van der Waals surface area contributed by atoms with Crippen LogP contribution in [-0.2, 0) is 0 Å². The van der Waals surface area contributed by atoms with E-state index >= 15 is 0 Å². The lowest BCUT2D eigenvalue weighted by atomic mass is 9.69. The molecule has 1 fully saturated rings. The van der Waals surface area contributed by atoms with Crippen molar-refractivity contribution in [3.8, 4) is 0 Å². The van der Waals surface area contributed by atoms with Crippen LogP contribution >= 0.6 is 0 Å². The van der Waals surface area contributed by atoms with Crippen LogP contribution in [0.4, 0.5) is 0 Å². The highest BCUT2D eigenvalue weighted by Gasteiger charge is 2.34. The standard InChI is InChI=1S/C14H29NO/c1-13(2,3)11-8-6-7-9-12(11)15-10-14(4,5)16/h11-12,15-16H,6-10H2,1-5H3. The number of rotatable bonds is 3. The molecule has 2 N–H and O–H groups in total. The molecule has 0 aromatic rings. The van der Waals surface area contributed by atoms with Crippen LogP contribution in [0.2, 0.25) is 0 Å². The maximum absolute atomic E-state index is 9.77. The van der Waals surface area contributed by atoms with Gasteiger partial charge >= 0.3 is 0 Å². The summed E-state index contributed by atoms with van der Waals surface area (Å²) in [4.78, 5) is 0. The molecule has 0 radical (unpaired) electrons. The van der Waals surface area contributed by atoms with Crippen molar-refractivity contribution >= 4 is 0 Å². The fourth-order valence-electron chi connectivity index (χ4n) is 2.79. The topological polar surface area (TPSA) is 32.3 Å². The van der Waals surface area contributed by atoms with E-state index in [1.807, 2.05) is 13.8 Å². The van der Waals surface area contributed by atoms with E-state index < -0.39 is 5.60 Å². The smallest absolute Gasteiger partial charge is 0.0715 e.